The molecule has 1 atom stereocenters. The van der Waals surface area contributed by atoms with Crippen molar-refractivity contribution in [3.63, 3.8) is 0 Å². The first-order valence-electron chi connectivity index (χ1n) is 6.75. The summed E-state index contributed by atoms with van der Waals surface area (Å²) < 4.78 is 0. The summed E-state index contributed by atoms with van der Waals surface area (Å²) in [6, 6.07) is 5.46. The lowest BCUT2D eigenvalue weighted by Crippen LogP contribution is -2.39. The Labute approximate surface area is 119 Å². The van der Waals surface area contributed by atoms with Gasteiger partial charge in [0.05, 0.1) is 5.41 Å². The number of nitrogens with two attached hydrogens (primary N) is 1. The van der Waals surface area contributed by atoms with Crippen molar-refractivity contribution in [3.8, 4) is 0 Å². The minimum atomic E-state index is -0.382. The number of carbonyl (C=O) groups excluding carboxylic acids is 2. The highest BCUT2D eigenvalue weighted by molar-refractivity contribution is 6.00. The van der Waals surface area contributed by atoms with Crippen LogP contribution in [-0.4, -0.2) is 31.8 Å². The largest absolute Gasteiger partial charge is 0.398 e. The molecular weight excluding hydrogens is 254 g/mol. The van der Waals surface area contributed by atoms with Gasteiger partial charge in [0.1, 0.15) is 0 Å². The molecule has 0 spiro atoms. The van der Waals surface area contributed by atoms with Crippen LogP contribution in [0.5, 0.6) is 0 Å². The fourth-order valence-electron chi connectivity index (χ4n) is 2.71. The van der Waals surface area contributed by atoms with Crippen LogP contribution in [0.1, 0.15) is 30.6 Å². The summed E-state index contributed by atoms with van der Waals surface area (Å²) in [6.07, 6.45) is 0.798. The van der Waals surface area contributed by atoms with E-state index in [1.165, 1.54) is 6.92 Å². The lowest BCUT2D eigenvalue weighted by Gasteiger charge is -2.24. The van der Waals surface area contributed by atoms with Crippen LogP contribution in [0.3, 0.4) is 0 Å². The van der Waals surface area contributed by atoms with Crippen LogP contribution in [0.25, 0.3) is 0 Å². The summed E-state index contributed by atoms with van der Waals surface area (Å²) >= 11 is 0. The van der Waals surface area contributed by atoms with Crippen molar-refractivity contribution in [3.05, 3.63) is 23.8 Å². The lowest BCUT2D eigenvalue weighted by molar-refractivity contribution is -0.128. The van der Waals surface area contributed by atoms with E-state index in [0.717, 1.165) is 18.7 Å². The fourth-order valence-corrected chi connectivity index (χ4v) is 2.71. The van der Waals surface area contributed by atoms with E-state index in [0.29, 0.717) is 17.8 Å². The Kier molecular flexibility index (Phi) is 3.70. The molecule has 1 aromatic rings. The first-order chi connectivity index (χ1) is 9.37. The first-order valence-corrected chi connectivity index (χ1v) is 6.75. The van der Waals surface area contributed by atoms with Gasteiger partial charge < -0.3 is 16.0 Å². The smallest absolute Gasteiger partial charge is 0.227 e. The number of benzene rings is 1. The summed E-state index contributed by atoms with van der Waals surface area (Å²) in [5, 5.41) is 2.72. The number of nitrogen functional groups attached to an aromatic ring is 1. The maximum Gasteiger partial charge on any atom is 0.227 e. The highest BCUT2D eigenvalue weighted by atomic mass is 16.2. The molecule has 1 saturated heterocycles. The second-order valence-electron chi connectivity index (χ2n) is 5.64. The molecule has 20 heavy (non-hydrogen) atoms. The molecule has 1 aliphatic rings. The monoisotopic (exact) mass is 275 g/mol. The molecule has 1 amide bonds. The van der Waals surface area contributed by atoms with Gasteiger partial charge in [0.2, 0.25) is 5.91 Å². The number of nitrogens with zero attached hydrogens (tertiary/aromatic N) is 1. The molecule has 1 fully saturated rings. The molecule has 1 unspecified atom stereocenters. The number of Topliss-reactive ketones (excluding diaryl/α,β-unsaturated/α-hetero) is 1. The molecule has 0 radical (unpaired) electrons. The van der Waals surface area contributed by atoms with Crippen molar-refractivity contribution in [2.75, 3.05) is 30.8 Å². The zero-order valence-corrected chi connectivity index (χ0v) is 12.2. The van der Waals surface area contributed by atoms with Crippen LogP contribution in [-0.2, 0) is 4.79 Å². The van der Waals surface area contributed by atoms with E-state index >= 15 is 0 Å². The summed E-state index contributed by atoms with van der Waals surface area (Å²) in [6.45, 7) is 4.92. The van der Waals surface area contributed by atoms with Crippen LogP contribution in [0.2, 0.25) is 0 Å². The van der Waals surface area contributed by atoms with E-state index in [2.05, 4.69) is 10.2 Å². The van der Waals surface area contributed by atoms with Crippen molar-refractivity contribution in [2.24, 2.45) is 5.41 Å². The predicted molar refractivity (Wildman–Crippen MR) is 79.9 cm³/mol. The number of rotatable bonds is 3. The van der Waals surface area contributed by atoms with E-state index in [1.807, 2.05) is 19.1 Å². The number of ketones is 1. The summed E-state index contributed by atoms with van der Waals surface area (Å²) in [4.78, 5) is 25.6. The van der Waals surface area contributed by atoms with Crippen LogP contribution >= 0.6 is 0 Å². The molecule has 1 heterocycles. The molecule has 5 heteroatoms. The minimum absolute atomic E-state index is 0.0439. The standard InChI is InChI=1S/C15H21N3O2/c1-10(19)12-8-11(4-5-13(12)16)18-7-6-15(2,9-18)14(20)17-3/h4-5,8H,6-7,9,16H2,1-3H3,(H,17,20). The molecule has 1 aliphatic heterocycles. The second-order valence-corrected chi connectivity index (χ2v) is 5.64. The van der Waals surface area contributed by atoms with Crippen molar-refractivity contribution >= 4 is 23.1 Å². The lowest BCUT2D eigenvalue weighted by atomic mass is 9.89. The molecule has 108 valence electrons. The van der Waals surface area contributed by atoms with E-state index in [9.17, 15) is 9.59 Å². The number of carbonyl (C=O) groups is 2. The molecule has 0 saturated carbocycles. The van der Waals surface area contributed by atoms with Gasteiger partial charge in [-0.25, -0.2) is 0 Å². The Morgan fingerprint density at radius 2 is 2.10 bits per heavy atom. The summed E-state index contributed by atoms with van der Waals surface area (Å²) in [5.74, 6) is 0.0137. The van der Waals surface area contributed by atoms with Crippen molar-refractivity contribution in [1.82, 2.24) is 5.32 Å². The topological polar surface area (TPSA) is 75.4 Å². The van der Waals surface area contributed by atoms with Gasteiger partial charge in [-0.3, -0.25) is 9.59 Å². The number of nitrogens with one attached hydrogen (secondary N) is 1. The fraction of sp³-hybridized carbons (Fsp3) is 0.467. The third-order valence-electron chi connectivity index (χ3n) is 4.03. The quantitative estimate of drug-likeness (QED) is 0.646. The van der Waals surface area contributed by atoms with Crippen molar-refractivity contribution in [1.29, 1.82) is 0 Å². The molecule has 0 aliphatic carbocycles. The van der Waals surface area contributed by atoms with Gasteiger partial charge in [-0.05, 0) is 38.5 Å². The van der Waals surface area contributed by atoms with Crippen LogP contribution in [0.15, 0.2) is 18.2 Å². The number of amides is 1. The zero-order chi connectivity index (χ0) is 14.9. The number of hydrogen-bond donors (Lipinski definition) is 2. The van der Waals surface area contributed by atoms with E-state index in [1.54, 1.807) is 13.1 Å². The third kappa shape index (κ3) is 2.48. The Hall–Kier alpha value is -2.04. The van der Waals surface area contributed by atoms with Gasteiger partial charge in [-0.2, -0.15) is 0 Å². The maximum atomic E-state index is 11.9. The van der Waals surface area contributed by atoms with Gasteiger partial charge in [0.15, 0.2) is 5.78 Å². The molecule has 2 rings (SSSR count). The van der Waals surface area contributed by atoms with E-state index in [-0.39, 0.29) is 17.1 Å². The second kappa shape index (κ2) is 5.15. The first kappa shape index (κ1) is 14.4. The van der Waals surface area contributed by atoms with Gasteiger partial charge in [0, 0.05) is 37.1 Å². The summed E-state index contributed by atoms with van der Waals surface area (Å²) in [5.41, 5.74) is 7.40. The Balaban J connectivity index is 2.25. The molecule has 5 nitrogen and oxygen atoms in total. The normalized spacial score (nSPS) is 21.9. The molecular formula is C15H21N3O2. The Morgan fingerprint density at radius 3 is 2.70 bits per heavy atom. The van der Waals surface area contributed by atoms with Crippen LogP contribution in [0, 0.1) is 5.41 Å². The molecule has 3 N–H and O–H groups in total. The number of anilines is 2. The predicted octanol–water partition coefficient (Wildman–Crippen LogP) is 1.43. The SMILES string of the molecule is CNC(=O)C1(C)CCN(c2ccc(N)c(C(C)=O)c2)C1. The highest BCUT2D eigenvalue weighted by Gasteiger charge is 2.39. The minimum Gasteiger partial charge on any atom is -0.398 e. The molecule has 0 bridgehead atoms. The highest BCUT2D eigenvalue weighted by Crippen LogP contribution is 2.34. The van der Waals surface area contributed by atoms with E-state index in [4.69, 9.17) is 5.73 Å². The maximum absolute atomic E-state index is 11.9. The van der Waals surface area contributed by atoms with Crippen molar-refractivity contribution < 1.29 is 9.59 Å². The molecule has 0 aromatic heterocycles. The Morgan fingerprint density at radius 1 is 1.40 bits per heavy atom. The van der Waals surface area contributed by atoms with Crippen LogP contribution < -0.4 is 16.0 Å². The summed E-state index contributed by atoms with van der Waals surface area (Å²) in [7, 11) is 1.66. The third-order valence-corrected chi connectivity index (χ3v) is 4.03. The van der Waals surface area contributed by atoms with Crippen molar-refractivity contribution in [2.45, 2.75) is 20.3 Å². The average molecular weight is 275 g/mol. The van der Waals surface area contributed by atoms with Gasteiger partial charge in [-0.1, -0.05) is 0 Å². The van der Waals surface area contributed by atoms with Gasteiger partial charge in [0.25, 0.3) is 0 Å². The van der Waals surface area contributed by atoms with Gasteiger partial charge >= 0.3 is 0 Å². The zero-order valence-electron chi connectivity index (χ0n) is 12.2. The van der Waals surface area contributed by atoms with Gasteiger partial charge in [-0.15, -0.1) is 0 Å². The average Bonchev–Trinajstić information content (AvgIpc) is 2.82. The Bertz CT molecular complexity index is 556. The molecule has 1 aromatic carbocycles. The van der Waals surface area contributed by atoms with E-state index < -0.39 is 0 Å². The number of hydrogen-bond acceptors (Lipinski definition) is 4. The van der Waals surface area contributed by atoms with Crippen LogP contribution in [0.4, 0.5) is 11.4 Å².